The number of nitrogens with one attached hydrogen (secondary N) is 1. The van der Waals surface area contributed by atoms with Crippen LogP contribution in [0.3, 0.4) is 0 Å². The Hall–Kier alpha value is -2.89. The summed E-state index contributed by atoms with van der Waals surface area (Å²) in [6.07, 6.45) is 1.49. The van der Waals surface area contributed by atoms with Crippen LogP contribution in [0, 0.1) is 5.92 Å². The Labute approximate surface area is 145 Å². The van der Waals surface area contributed by atoms with Crippen molar-refractivity contribution in [3.63, 3.8) is 0 Å². The number of imide groups is 1. The number of benzene rings is 1. The van der Waals surface area contributed by atoms with Crippen LogP contribution in [0.4, 0.5) is 0 Å². The zero-order valence-corrected chi connectivity index (χ0v) is 14.4. The van der Waals surface area contributed by atoms with E-state index < -0.39 is 5.91 Å². The zero-order chi connectivity index (χ0) is 18.1. The van der Waals surface area contributed by atoms with E-state index in [1.165, 1.54) is 18.4 Å². The highest BCUT2D eigenvalue weighted by Crippen LogP contribution is 2.26. The summed E-state index contributed by atoms with van der Waals surface area (Å²) in [5, 5.41) is 2.90. The molecule has 6 heteroatoms. The van der Waals surface area contributed by atoms with Crippen molar-refractivity contribution >= 4 is 17.7 Å². The van der Waals surface area contributed by atoms with Crippen LogP contribution in [0.2, 0.25) is 0 Å². The molecule has 0 fully saturated rings. The Bertz CT molecular complexity index is 824. The van der Waals surface area contributed by atoms with Gasteiger partial charge in [0.1, 0.15) is 5.76 Å². The van der Waals surface area contributed by atoms with Gasteiger partial charge in [0, 0.05) is 11.6 Å². The molecule has 0 spiro atoms. The first-order chi connectivity index (χ1) is 11.9. The van der Waals surface area contributed by atoms with Crippen LogP contribution in [-0.2, 0) is 6.54 Å². The number of rotatable bonds is 5. The summed E-state index contributed by atoms with van der Waals surface area (Å²) in [6, 6.07) is 8.01. The lowest BCUT2D eigenvalue weighted by Crippen LogP contribution is -2.36. The molecule has 1 aliphatic heterocycles. The molecular formula is C19H20N2O4. The van der Waals surface area contributed by atoms with Crippen molar-refractivity contribution in [1.29, 1.82) is 0 Å². The van der Waals surface area contributed by atoms with Crippen molar-refractivity contribution in [2.75, 3.05) is 0 Å². The highest BCUT2D eigenvalue weighted by atomic mass is 16.3. The number of furan rings is 1. The van der Waals surface area contributed by atoms with Crippen molar-refractivity contribution < 1.29 is 18.8 Å². The lowest BCUT2D eigenvalue weighted by Gasteiger charge is -2.17. The van der Waals surface area contributed by atoms with Crippen LogP contribution in [0.5, 0.6) is 0 Å². The van der Waals surface area contributed by atoms with Gasteiger partial charge in [-0.1, -0.05) is 13.8 Å². The van der Waals surface area contributed by atoms with E-state index in [9.17, 15) is 14.4 Å². The second kappa shape index (κ2) is 6.55. The van der Waals surface area contributed by atoms with Gasteiger partial charge in [0.15, 0.2) is 0 Å². The monoisotopic (exact) mass is 340 g/mol. The molecule has 3 amide bonds. The van der Waals surface area contributed by atoms with Gasteiger partial charge in [-0.2, -0.15) is 0 Å². The predicted octanol–water partition coefficient (Wildman–Crippen LogP) is 2.85. The molecule has 25 heavy (non-hydrogen) atoms. The fourth-order valence-corrected chi connectivity index (χ4v) is 2.59. The van der Waals surface area contributed by atoms with Crippen LogP contribution in [-0.4, -0.2) is 28.7 Å². The fraction of sp³-hybridized carbons (Fsp3) is 0.316. The average Bonchev–Trinajstić information content (AvgIpc) is 3.17. The van der Waals surface area contributed by atoms with Crippen LogP contribution in [0.25, 0.3) is 0 Å². The number of amides is 3. The SMILES string of the molecule is CC(C)C(C)NC(=O)c1ccc2c(c1)C(=O)N(Cc1ccco1)C2=O. The van der Waals surface area contributed by atoms with Gasteiger partial charge in [0.05, 0.1) is 23.9 Å². The molecule has 1 unspecified atom stereocenters. The van der Waals surface area contributed by atoms with Gasteiger partial charge in [-0.15, -0.1) is 0 Å². The standard InChI is InChI=1S/C19H20N2O4/c1-11(2)12(3)20-17(22)13-6-7-15-16(9-13)19(24)21(18(15)23)10-14-5-4-8-25-14/h4-9,11-12H,10H2,1-3H3,(H,20,22). The third kappa shape index (κ3) is 3.20. The molecule has 0 saturated heterocycles. The van der Waals surface area contributed by atoms with Gasteiger partial charge in [0.25, 0.3) is 17.7 Å². The Kier molecular flexibility index (Phi) is 4.44. The van der Waals surface area contributed by atoms with Crippen LogP contribution in [0.1, 0.15) is 57.6 Å². The Balaban J connectivity index is 1.83. The summed E-state index contributed by atoms with van der Waals surface area (Å²) in [7, 11) is 0. The van der Waals surface area contributed by atoms with Crippen LogP contribution >= 0.6 is 0 Å². The van der Waals surface area contributed by atoms with E-state index >= 15 is 0 Å². The molecule has 1 atom stereocenters. The first-order valence-electron chi connectivity index (χ1n) is 8.22. The molecule has 0 saturated carbocycles. The molecule has 0 aliphatic carbocycles. The molecule has 0 bridgehead atoms. The van der Waals surface area contributed by atoms with Crippen molar-refractivity contribution in [3.05, 3.63) is 59.0 Å². The highest BCUT2D eigenvalue weighted by Gasteiger charge is 2.36. The molecule has 6 nitrogen and oxygen atoms in total. The lowest BCUT2D eigenvalue weighted by molar-refractivity contribution is 0.0631. The molecule has 3 rings (SSSR count). The minimum absolute atomic E-state index is 0.00791. The van der Waals surface area contributed by atoms with E-state index in [1.54, 1.807) is 18.2 Å². The summed E-state index contributed by atoms with van der Waals surface area (Å²) < 4.78 is 5.21. The Morgan fingerprint density at radius 1 is 1.12 bits per heavy atom. The van der Waals surface area contributed by atoms with Gasteiger partial charge in [-0.05, 0) is 43.2 Å². The number of carbonyl (C=O) groups is 3. The minimum Gasteiger partial charge on any atom is -0.467 e. The summed E-state index contributed by atoms with van der Waals surface area (Å²) in [5.74, 6) is -0.223. The van der Waals surface area contributed by atoms with Gasteiger partial charge >= 0.3 is 0 Å². The summed E-state index contributed by atoms with van der Waals surface area (Å²) >= 11 is 0. The van der Waals surface area contributed by atoms with Crippen LogP contribution in [0.15, 0.2) is 41.0 Å². The molecule has 2 aromatic rings. The van der Waals surface area contributed by atoms with Crippen molar-refractivity contribution in [3.8, 4) is 0 Å². The smallest absolute Gasteiger partial charge is 0.261 e. The van der Waals surface area contributed by atoms with E-state index in [0.717, 1.165) is 4.90 Å². The van der Waals surface area contributed by atoms with E-state index in [-0.39, 0.29) is 30.0 Å². The first-order valence-corrected chi connectivity index (χ1v) is 8.22. The summed E-state index contributed by atoms with van der Waals surface area (Å²) in [5.41, 5.74) is 0.929. The minimum atomic E-state index is -0.414. The maximum absolute atomic E-state index is 12.6. The van der Waals surface area contributed by atoms with Crippen molar-refractivity contribution in [2.24, 2.45) is 5.92 Å². The van der Waals surface area contributed by atoms with Crippen molar-refractivity contribution in [2.45, 2.75) is 33.4 Å². The molecule has 130 valence electrons. The third-order valence-electron chi connectivity index (χ3n) is 4.49. The lowest BCUT2D eigenvalue weighted by atomic mass is 10.0. The number of hydrogen-bond acceptors (Lipinski definition) is 4. The topological polar surface area (TPSA) is 79.6 Å². The Morgan fingerprint density at radius 3 is 2.48 bits per heavy atom. The molecule has 1 aromatic carbocycles. The molecule has 2 heterocycles. The van der Waals surface area contributed by atoms with E-state index in [4.69, 9.17) is 4.42 Å². The first kappa shape index (κ1) is 17.0. The molecular weight excluding hydrogens is 320 g/mol. The van der Waals surface area contributed by atoms with Gasteiger partial charge in [-0.25, -0.2) is 0 Å². The van der Waals surface area contributed by atoms with Crippen LogP contribution < -0.4 is 5.32 Å². The molecule has 1 aliphatic rings. The average molecular weight is 340 g/mol. The molecule has 1 N–H and O–H groups in total. The predicted molar refractivity (Wildman–Crippen MR) is 91.1 cm³/mol. The summed E-state index contributed by atoms with van der Waals surface area (Å²) in [6.45, 7) is 6.03. The Morgan fingerprint density at radius 2 is 1.84 bits per heavy atom. The van der Waals surface area contributed by atoms with Crippen molar-refractivity contribution in [1.82, 2.24) is 10.2 Å². The molecule has 1 aromatic heterocycles. The quantitative estimate of drug-likeness (QED) is 0.849. The van der Waals surface area contributed by atoms with E-state index in [2.05, 4.69) is 5.32 Å². The number of carbonyl (C=O) groups excluding carboxylic acids is 3. The normalized spacial score (nSPS) is 14.8. The molecule has 0 radical (unpaired) electrons. The highest BCUT2D eigenvalue weighted by molar-refractivity contribution is 6.22. The van der Waals surface area contributed by atoms with E-state index in [0.29, 0.717) is 22.8 Å². The number of hydrogen-bond donors (Lipinski definition) is 1. The maximum Gasteiger partial charge on any atom is 0.261 e. The second-order valence-corrected chi connectivity index (χ2v) is 6.54. The van der Waals surface area contributed by atoms with E-state index in [1.807, 2.05) is 20.8 Å². The number of nitrogens with zero attached hydrogens (tertiary/aromatic N) is 1. The van der Waals surface area contributed by atoms with Gasteiger partial charge in [-0.3, -0.25) is 19.3 Å². The maximum atomic E-state index is 12.6. The van der Waals surface area contributed by atoms with Gasteiger partial charge < -0.3 is 9.73 Å². The second-order valence-electron chi connectivity index (χ2n) is 6.54. The largest absolute Gasteiger partial charge is 0.467 e. The summed E-state index contributed by atoms with van der Waals surface area (Å²) in [4.78, 5) is 38.5. The fourth-order valence-electron chi connectivity index (χ4n) is 2.59. The van der Waals surface area contributed by atoms with Gasteiger partial charge in [0.2, 0.25) is 0 Å². The number of fused-ring (bicyclic) bond motifs is 1. The third-order valence-corrected chi connectivity index (χ3v) is 4.49. The zero-order valence-electron chi connectivity index (χ0n) is 14.4.